The zero-order valence-corrected chi connectivity index (χ0v) is 7.92. The Balaban J connectivity index is 2.64. The van der Waals surface area contributed by atoms with E-state index in [0.717, 1.165) is 25.9 Å². The molecule has 0 radical (unpaired) electrons. The van der Waals surface area contributed by atoms with Crippen LogP contribution in [0.4, 0.5) is 0 Å². The first-order valence-electron chi connectivity index (χ1n) is 4.73. The second-order valence-corrected chi connectivity index (χ2v) is 3.32. The lowest BCUT2D eigenvalue weighted by atomic mass is 9.89. The molecular weight excluding hydrogens is 152 g/mol. The summed E-state index contributed by atoms with van der Waals surface area (Å²) in [5, 5.41) is 10.1. The predicted molar refractivity (Wildman–Crippen MR) is 49.0 cm³/mol. The largest absolute Gasteiger partial charge is 0.387 e. The molecule has 1 rings (SSSR count). The summed E-state index contributed by atoms with van der Waals surface area (Å²) in [5.41, 5.74) is -0.656. The Morgan fingerprint density at radius 2 is 2.17 bits per heavy atom. The van der Waals surface area contributed by atoms with Gasteiger partial charge >= 0.3 is 0 Å². The van der Waals surface area contributed by atoms with Crippen molar-refractivity contribution in [2.45, 2.75) is 44.8 Å². The first-order valence-corrected chi connectivity index (χ1v) is 4.73. The minimum absolute atomic E-state index is 0.0961. The van der Waals surface area contributed by atoms with Gasteiger partial charge in [-0.1, -0.05) is 26.0 Å². The van der Waals surface area contributed by atoms with Crippen LogP contribution in [-0.2, 0) is 4.74 Å². The van der Waals surface area contributed by atoms with Crippen molar-refractivity contribution in [2.75, 3.05) is 6.61 Å². The van der Waals surface area contributed by atoms with Crippen molar-refractivity contribution in [3.05, 3.63) is 12.2 Å². The Hall–Kier alpha value is -0.340. The molecule has 2 heteroatoms. The molecule has 0 amide bonds. The zero-order chi connectivity index (χ0) is 9.03. The maximum atomic E-state index is 10.1. The van der Waals surface area contributed by atoms with Crippen LogP contribution in [0, 0.1) is 0 Å². The Kier molecular flexibility index (Phi) is 3.29. The Morgan fingerprint density at radius 3 is 2.58 bits per heavy atom. The smallest absolute Gasteiger partial charge is 0.104 e. The molecule has 1 aliphatic rings. The highest BCUT2D eigenvalue weighted by Crippen LogP contribution is 2.25. The van der Waals surface area contributed by atoms with E-state index in [0.29, 0.717) is 0 Å². The Morgan fingerprint density at radius 1 is 1.50 bits per heavy atom. The summed E-state index contributed by atoms with van der Waals surface area (Å²) in [6.45, 7) is 4.73. The number of hydrogen-bond donors (Lipinski definition) is 1. The molecule has 0 fully saturated rings. The molecule has 0 aromatic heterocycles. The summed E-state index contributed by atoms with van der Waals surface area (Å²) in [5.74, 6) is 0. The molecule has 1 heterocycles. The van der Waals surface area contributed by atoms with E-state index in [-0.39, 0.29) is 6.10 Å². The minimum Gasteiger partial charge on any atom is -0.387 e. The zero-order valence-electron chi connectivity index (χ0n) is 7.92. The third-order valence-electron chi connectivity index (χ3n) is 2.65. The van der Waals surface area contributed by atoms with E-state index in [1.54, 1.807) is 0 Å². The van der Waals surface area contributed by atoms with E-state index in [2.05, 4.69) is 6.08 Å². The number of rotatable bonds is 3. The fourth-order valence-corrected chi connectivity index (χ4v) is 1.53. The molecule has 0 saturated heterocycles. The maximum absolute atomic E-state index is 10.1. The molecule has 0 aliphatic carbocycles. The monoisotopic (exact) mass is 170 g/mol. The van der Waals surface area contributed by atoms with E-state index in [1.165, 1.54) is 0 Å². The fraction of sp³-hybridized carbons (Fsp3) is 0.800. The molecule has 0 spiro atoms. The summed E-state index contributed by atoms with van der Waals surface area (Å²) in [6, 6.07) is 0. The molecule has 1 aliphatic heterocycles. The lowest BCUT2D eigenvalue weighted by Crippen LogP contribution is -2.42. The van der Waals surface area contributed by atoms with Gasteiger partial charge in [-0.05, 0) is 19.3 Å². The molecule has 0 saturated carbocycles. The quantitative estimate of drug-likeness (QED) is 0.655. The molecule has 0 unspecified atom stereocenters. The van der Waals surface area contributed by atoms with Gasteiger partial charge in [-0.3, -0.25) is 0 Å². The van der Waals surface area contributed by atoms with E-state index < -0.39 is 5.60 Å². The van der Waals surface area contributed by atoms with Gasteiger partial charge in [0.15, 0.2) is 0 Å². The minimum atomic E-state index is -0.656. The first-order chi connectivity index (χ1) is 5.73. The molecule has 0 aromatic rings. The van der Waals surface area contributed by atoms with Crippen molar-refractivity contribution in [1.82, 2.24) is 0 Å². The van der Waals surface area contributed by atoms with Crippen molar-refractivity contribution < 1.29 is 9.84 Å². The SMILES string of the molecule is CCC(O)(CC)[C@@H]1C=CCCO1. The van der Waals surface area contributed by atoms with Crippen LogP contribution in [0.5, 0.6) is 0 Å². The molecule has 12 heavy (non-hydrogen) atoms. The number of ether oxygens (including phenoxy) is 1. The van der Waals surface area contributed by atoms with Gasteiger partial charge in [-0.2, -0.15) is 0 Å². The van der Waals surface area contributed by atoms with E-state index >= 15 is 0 Å². The first kappa shape index (κ1) is 9.75. The average molecular weight is 170 g/mol. The van der Waals surface area contributed by atoms with Crippen molar-refractivity contribution in [2.24, 2.45) is 0 Å². The van der Waals surface area contributed by atoms with Crippen molar-refractivity contribution >= 4 is 0 Å². The summed E-state index contributed by atoms with van der Waals surface area (Å²) >= 11 is 0. The second-order valence-electron chi connectivity index (χ2n) is 3.32. The van der Waals surface area contributed by atoms with Crippen LogP contribution in [-0.4, -0.2) is 23.4 Å². The van der Waals surface area contributed by atoms with Crippen LogP contribution in [0.2, 0.25) is 0 Å². The lowest BCUT2D eigenvalue weighted by Gasteiger charge is -2.34. The molecule has 0 bridgehead atoms. The highest BCUT2D eigenvalue weighted by atomic mass is 16.5. The molecule has 1 N–H and O–H groups in total. The second kappa shape index (κ2) is 4.06. The van der Waals surface area contributed by atoms with Gasteiger partial charge in [0, 0.05) is 0 Å². The lowest BCUT2D eigenvalue weighted by molar-refractivity contribution is -0.0933. The average Bonchev–Trinajstić information content (AvgIpc) is 2.18. The molecule has 0 aromatic carbocycles. The standard InChI is InChI=1S/C10H18O2/c1-3-10(11,4-2)9-7-5-6-8-12-9/h5,7,9,11H,3-4,6,8H2,1-2H3/t9-/m0/s1. The van der Waals surface area contributed by atoms with Gasteiger partial charge in [-0.25, -0.2) is 0 Å². The molecule has 2 nitrogen and oxygen atoms in total. The molecule has 1 atom stereocenters. The van der Waals surface area contributed by atoms with Gasteiger partial charge in [-0.15, -0.1) is 0 Å². The van der Waals surface area contributed by atoms with Gasteiger partial charge in [0.25, 0.3) is 0 Å². The normalized spacial score (nSPS) is 24.4. The highest BCUT2D eigenvalue weighted by Gasteiger charge is 2.32. The summed E-state index contributed by atoms with van der Waals surface area (Å²) in [6.07, 6.45) is 6.44. The van der Waals surface area contributed by atoms with Crippen molar-refractivity contribution in [1.29, 1.82) is 0 Å². The number of aliphatic hydroxyl groups is 1. The molecular formula is C10H18O2. The van der Waals surface area contributed by atoms with Gasteiger partial charge in [0.05, 0.1) is 12.2 Å². The third-order valence-corrected chi connectivity index (χ3v) is 2.65. The van der Waals surface area contributed by atoms with Crippen LogP contribution >= 0.6 is 0 Å². The maximum Gasteiger partial charge on any atom is 0.104 e. The van der Waals surface area contributed by atoms with E-state index in [9.17, 15) is 5.11 Å². The third kappa shape index (κ3) is 1.87. The van der Waals surface area contributed by atoms with E-state index in [1.807, 2.05) is 19.9 Å². The van der Waals surface area contributed by atoms with Gasteiger partial charge in [0.2, 0.25) is 0 Å². The predicted octanol–water partition coefficient (Wildman–Crippen LogP) is 1.88. The summed E-state index contributed by atoms with van der Waals surface area (Å²) in [4.78, 5) is 0. The van der Waals surface area contributed by atoms with Crippen LogP contribution in [0.3, 0.4) is 0 Å². The summed E-state index contributed by atoms with van der Waals surface area (Å²) < 4.78 is 5.49. The highest BCUT2D eigenvalue weighted by molar-refractivity contribution is 5.02. The Labute approximate surface area is 74.2 Å². The van der Waals surface area contributed by atoms with Crippen molar-refractivity contribution in [3.8, 4) is 0 Å². The van der Waals surface area contributed by atoms with Crippen LogP contribution in [0.25, 0.3) is 0 Å². The Bertz CT molecular complexity index is 159. The van der Waals surface area contributed by atoms with Crippen molar-refractivity contribution in [3.63, 3.8) is 0 Å². The van der Waals surface area contributed by atoms with Crippen LogP contribution in [0.15, 0.2) is 12.2 Å². The summed E-state index contributed by atoms with van der Waals surface area (Å²) in [7, 11) is 0. The fourth-order valence-electron chi connectivity index (χ4n) is 1.53. The molecule has 70 valence electrons. The van der Waals surface area contributed by atoms with Gasteiger partial charge in [0.1, 0.15) is 6.10 Å². The topological polar surface area (TPSA) is 29.5 Å². The van der Waals surface area contributed by atoms with Crippen LogP contribution in [0.1, 0.15) is 33.1 Å². The van der Waals surface area contributed by atoms with E-state index in [4.69, 9.17) is 4.74 Å². The van der Waals surface area contributed by atoms with Crippen LogP contribution < -0.4 is 0 Å². The van der Waals surface area contributed by atoms with Gasteiger partial charge < -0.3 is 9.84 Å². The number of hydrogen-bond acceptors (Lipinski definition) is 2.